The number of anilines is 1. The Labute approximate surface area is 148 Å². The van der Waals surface area contributed by atoms with Crippen LogP contribution in [0.25, 0.3) is 11.0 Å². The van der Waals surface area contributed by atoms with Gasteiger partial charge in [-0.1, -0.05) is 27.5 Å². The zero-order valence-corrected chi connectivity index (χ0v) is 15.4. The largest absolute Gasteiger partial charge is 0.390 e. The molecular weight excluding hydrogens is 382 g/mol. The van der Waals surface area contributed by atoms with Gasteiger partial charge in [-0.15, -0.1) is 0 Å². The second-order valence-corrected chi connectivity index (χ2v) is 8.01. The predicted octanol–water partition coefficient (Wildman–Crippen LogP) is 4.28. The Morgan fingerprint density at radius 3 is 2.78 bits per heavy atom. The molecule has 124 valence electrons. The van der Waals surface area contributed by atoms with E-state index in [4.69, 9.17) is 11.6 Å². The minimum Gasteiger partial charge on any atom is -0.390 e. The smallest absolute Gasteiger partial charge is 0.229 e. The van der Waals surface area contributed by atoms with Gasteiger partial charge < -0.3 is 9.67 Å². The topological polar surface area (TPSA) is 67.2 Å². The molecule has 0 radical (unpaired) electrons. The Bertz CT molecular complexity index is 763. The highest BCUT2D eigenvalue weighted by molar-refractivity contribution is 9.10. The Morgan fingerprint density at radius 1 is 1.52 bits per heavy atom. The molecule has 23 heavy (non-hydrogen) atoms. The maximum Gasteiger partial charge on any atom is 0.229 e. The van der Waals surface area contributed by atoms with E-state index in [1.54, 1.807) is 19.9 Å². The van der Waals surface area contributed by atoms with Crippen LogP contribution in [0.4, 0.5) is 5.95 Å². The molecule has 0 atom stereocenters. The van der Waals surface area contributed by atoms with Gasteiger partial charge in [0.05, 0.1) is 22.6 Å². The molecule has 1 aliphatic carbocycles. The van der Waals surface area contributed by atoms with Crippen molar-refractivity contribution in [3.05, 3.63) is 21.6 Å². The SMILES string of the molecule is CC(C)(O)CC(=O)Nc1nc2c(Cl)cc(Br)cc2n1C1CCC1. The maximum absolute atomic E-state index is 12.2. The highest BCUT2D eigenvalue weighted by atomic mass is 79.9. The Hall–Kier alpha value is -1.11. The van der Waals surface area contributed by atoms with Gasteiger partial charge in [-0.25, -0.2) is 4.98 Å². The summed E-state index contributed by atoms with van der Waals surface area (Å²) >= 11 is 9.76. The molecule has 7 heteroatoms. The van der Waals surface area contributed by atoms with Gasteiger partial charge in [-0.2, -0.15) is 0 Å². The highest BCUT2D eigenvalue weighted by Crippen LogP contribution is 2.39. The summed E-state index contributed by atoms with van der Waals surface area (Å²) in [6, 6.07) is 4.09. The second kappa shape index (κ2) is 6.07. The van der Waals surface area contributed by atoms with Gasteiger partial charge >= 0.3 is 0 Å². The van der Waals surface area contributed by atoms with Crippen LogP contribution in [-0.4, -0.2) is 26.2 Å². The number of imidazole rings is 1. The van der Waals surface area contributed by atoms with E-state index in [2.05, 4.69) is 30.8 Å². The molecule has 0 bridgehead atoms. The van der Waals surface area contributed by atoms with Crippen molar-refractivity contribution in [3.8, 4) is 0 Å². The molecule has 0 aliphatic heterocycles. The monoisotopic (exact) mass is 399 g/mol. The second-order valence-electron chi connectivity index (χ2n) is 6.68. The van der Waals surface area contributed by atoms with Crippen LogP contribution >= 0.6 is 27.5 Å². The van der Waals surface area contributed by atoms with Crippen molar-refractivity contribution in [2.75, 3.05) is 5.32 Å². The van der Waals surface area contributed by atoms with Gasteiger partial charge in [0, 0.05) is 10.5 Å². The number of hydrogen-bond donors (Lipinski definition) is 2. The summed E-state index contributed by atoms with van der Waals surface area (Å²) in [5, 5.41) is 13.2. The van der Waals surface area contributed by atoms with Crippen molar-refractivity contribution >= 4 is 50.4 Å². The molecule has 1 aliphatic rings. The minimum atomic E-state index is -1.06. The van der Waals surface area contributed by atoms with E-state index >= 15 is 0 Å². The van der Waals surface area contributed by atoms with Gasteiger partial charge in [-0.3, -0.25) is 10.1 Å². The number of nitrogens with zero attached hydrogens (tertiary/aromatic N) is 2. The summed E-state index contributed by atoms with van der Waals surface area (Å²) < 4.78 is 2.93. The lowest BCUT2D eigenvalue weighted by atomic mass is 9.93. The molecule has 1 aromatic carbocycles. The van der Waals surface area contributed by atoms with Crippen LogP contribution in [0.2, 0.25) is 5.02 Å². The van der Waals surface area contributed by atoms with Gasteiger partial charge in [0.2, 0.25) is 11.9 Å². The number of amides is 1. The van der Waals surface area contributed by atoms with Crippen LogP contribution < -0.4 is 5.32 Å². The van der Waals surface area contributed by atoms with Gasteiger partial charge in [-0.05, 0) is 45.2 Å². The Morgan fingerprint density at radius 2 is 2.22 bits per heavy atom. The summed E-state index contributed by atoms with van der Waals surface area (Å²) in [4.78, 5) is 16.7. The zero-order chi connectivity index (χ0) is 16.8. The van der Waals surface area contributed by atoms with Crippen molar-refractivity contribution in [2.45, 2.75) is 51.2 Å². The van der Waals surface area contributed by atoms with E-state index in [0.29, 0.717) is 22.5 Å². The summed E-state index contributed by atoms with van der Waals surface area (Å²) in [7, 11) is 0. The summed E-state index contributed by atoms with van der Waals surface area (Å²) in [5.74, 6) is 0.238. The van der Waals surface area contributed by atoms with E-state index in [1.807, 2.05) is 6.07 Å². The average molecular weight is 401 g/mol. The van der Waals surface area contributed by atoms with Gasteiger partial charge in [0.15, 0.2) is 0 Å². The molecule has 1 saturated carbocycles. The molecule has 1 heterocycles. The first-order valence-electron chi connectivity index (χ1n) is 7.64. The molecule has 0 unspecified atom stereocenters. The van der Waals surface area contributed by atoms with Crippen LogP contribution in [0.1, 0.15) is 45.6 Å². The van der Waals surface area contributed by atoms with Crippen LogP contribution in [0.5, 0.6) is 0 Å². The first-order chi connectivity index (χ1) is 10.7. The molecule has 2 N–H and O–H groups in total. The number of benzene rings is 1. The number of halogens is 2. The fraction of sp³-hybridized carbons (Fsp3) is 0.500. The van der Waals surface area contributed by atoms with Gasteiger partial charge in [0.25, 0.3) is 0 Å². The van der Waals surface area contributed by atoms with E-state index in [9.17, 15) is 9.90 Å². The quantitative estimate of drug-likeness (QED) is 0.805. The number of nitrogens with one attached hydrogen (secondary N) is 1. The third-order valence-corrected chi connectivity index (χ3v) is 4.74. The number of fused-ring (bicyclic) bond motifs is 1. The first kappa shape index (κ1) is 16.7. The number of hydrogen-bond acceptors (Lipinski definition) is 3. The van der Waals surface area contributed by atoms with Gasteiger partial charge in [0.1, 0.15) is 5.52 Å². The minimum absolute atomic E-state index is 0.0122. The standard InChI is InChI=1S/C16H19BrClN3O2/c1-16(2,23)8-13(22)19-15-20-14-11(18)6-9(17)7-12(14)21(15)10-4-3-5-10/h6-7,10,23H,3-5,8H2,1-2H3,(H,19,20,22). The normalized spacial score (nSPS) is 15.7. The van der Waals surface area contributed by atoms with E-state index in [0.717, 1.165) is 22.8 Å². The Balaban J connectivity index is 2.02. The molecule has 3 rings (SSSR count). The van der Waals surface area contributed by atoms with Crippen LogP contribution in [0.15, 0.2) is 16.6 Å². The fourth-order valence-electron chi connectivity index (χ4n) is 2.79. The highest BCUT2D eigenvalue weighted by Gasteiger charge is 2.27. The number of carbonyl (C=O) groups excluding carboxylic acids is 1. The molecule has 1 aromatic heterocycles. The predicted molar refractivity (Wildman–Crippen MR) is 94.9 cm³/mol. The van der Waals surface area contributed by atoms with Crippen molar-refractivity contribution in [1.82, 2.24) is 9.55 Å². The fourth-order valence-corrected chi connectivity index (χ4v) is 3.62. The van der Waals surface area contributed by atoms with E-state index in [1.165, 1.54) is 6.42 Å². The third-order valence-electron chi connectivity index (χ3n) is 4.00. The number of aromatic nitrogens is 2. The number of aliphatic hydroxyl groups is 1. The van der Waals surface area contributed by atoms with Crippen molar-refractivity contribution < 1.29 is 9.90 Å². The summed E-state index contributed by atoms with van der Waals surface area (Å²) in [5.41, 5.74) is 0.533. The lowest BCUT2D eigenvalue weighted by Gasteiger charge is -2.29. The summed E-state index contributed by atoms with van der Waals surface area (Å²) in [6.07, 6.45) is 3.30. The molecule has 2 aromatic rings. The molecule has 5 nitrogen and oxygen atoms in total. The molecule has 0 spiro atoms. The lowest BCUT2D eigenvalue weighted by Crippen LogP contribution is -2.29. The van der Waals surface area contributed by atoms with E-state index in [-0.39, 0.29) is 12.3 Å². The number of rotatable bonds is 4. The molecule has 1 fully saturated rings. The zero-order valence-electron chi connectivity index (χ0n) is 13.1. The van der Waals surface area contributed by atoms with Crippen molar-refractivity contribution in [3.63, 3.8) is 0 Å². The first-order valence-corrected chi connectivity index (χ1v) is 8.81. The number of carbonyl (C=O) groups is 1. The molecule has 1 amide bonds. The van der Waals surface area contributed by atoms with Crippen molar-refractivity contribution in [2.24, 2.45) is 0 Å². The maximum atomic E-state index is 12.2. The van der Waals surface area contributed by atoms with Crippen LogP contribution in [0, 0.1) is 0 Å². The van der Waals surface area contributed by atoms with Crippen LogP contribution in [0.3, 0.4) is 0 Å². The lowest BCUT2D eigenvalue weighted by molar-refractivity contribution is -0.119. The third kappa shape index (κ3) is 3.54. The van der Waals surface area contributed by atoms with Crippen molar-refractivity contribution in [1.29, 1.82) is 0 Å². The average Bonchev–Trinajstić information content (AvgIpc) is 2.64. The summed E-state index contributed by atoms with van der Waals surface area (Å²) in [6.45, 7) is 3.21. The Kier molecular flexibility index (Phi) is 4.42. The molecular formula is C16H19BrClN3O2. The molecule has 0 saturated heterocycles. The van der Waals surface area contributed by atoms with E-state index < -0.39 is 5.60 Å². The van der Waals surface area contributed by atoms with Crippen LogP contribution in [-0.2, 0) is 4.79 Å².